The van der Waals surface area contributed by atoms with Crippen LogP contribution in [0.4, 0.5) is 5.69 Å². The topological polar surface area (TPSA) is 74.0 Å². The fraction of sp³-hybridized carbons (Fsp3) is 0.158. The number of aromatic nitrogens is 1. The number of hydrogen-bond acceptors (Lipinski definition) is 2. The van der Waals surface area contributed by atoms with Crippen molar-refractivity contribution in [3.05, 3.63) is 65.9 Å². The molecule has 0 atom stereocenters. The van der Waals surface area contributed by atoms with Crippen LogP contribution in [0.1, 0.15) is 33.7 Å². The van der Waals surface area contributed by atoms with Crippen molar-refractivity contribution >= 4 is 28.4 Å². The molecule has 1 saturated carbocycles. The molecule has 0 spiro atoms. The van der Waals surface area contributed by atoms with Gasteiger partial charge in [0.1, 0.15) is 5.69 Å². The predicted molar refractivity (Wildman–Crippen MR) is 93.2 cm³/mol. The molecule has 1 aliphatic carbocycles. The van der Waals surface area contributed by atoms with Gasteiger partial charge >= 0.3 is 0 Å². The minimum absolute atomic E-state index is 0.0639. The zero-order chi connectivity index (χ0) is 16.5. The van der Waals surface area contributed by atoms with Gasteiger partial charge in [0.2, 0.25) is 0 Å². The standard InChI is InChI=1S/C19H17N3O2/c23-18(20-15-9-10-15)12-5-7-14(8-6-12)21-19(24)17-11-13-3-1-2-4-16(13)22-17/h1-8,11,15,22H,9-10H2,(H,20,23)(H,21,24). The van der Waals surface area contributed by atoms with Gasteiger partial charge in [-0.2, -0.15) is 0 Å². The molecule has 3 N–H and O–H groups in total. The molecule has 1 aromatic heterocycles. The third-order valence-electron chi connectivity index (χ3n) is 4.09. The average molecular weight is 319 g/mol. The number of carbonyl (C=O) groups excluding carboxylic acids is 2. The number of para-hydroxylation sites is 1. The van der Waals surface area contributed by atoms with Gasteiger partial charge in [0.05, 0.1) is 0 Å². The van der Waals surface area contributed by atoms with Crippen molar-refractivity contribution in [1.29, 1.82) is 0 Å². The van der Waals surface area contributed by atoms with Crippen LogP contribution in [0, 0.1) is 0 Å². The van der Waals surface area contributed by atoms with E-state index in [1.807, 2.05) is 30.3 Å². The van der Waals surface area contributed by atoms with E-state index in [4.69, 9.17) is 0 Å². The quantitative estimate of drug-likeness (QED) is 0.690. The zero-order valence-electron chi connectivity index (χ0n) is 13.0. The number of fused-ring (bicyclic) bond motifs is 1. The maximum atomic E-state index is 12.3. The van der Waals surface area contributed by atoms with E-state index in [0.717, 1.165) is 23.7 Å². The Hall–Kier alpha value is -3.08. The Morgan fingerprint density at radius 2 is 1.71 bits per heavy atom. The summed E-state index contributed by atoms with van der Waals surface area (Å²) in [6.45, 7) is 0. The van der Waals surface area contributed by atoms with Gasteiger partial charge in [-0.3, -0.25) is 9.59 Å². The first-order valence-corrected chi connectivity index (χ1v) is 7.99. The van der Waals surface area contributed by atoms with E-state index in [0.29, 0.717) is 23.0 Å². The molecule has 120 valence electrons. The van der Waals surface area contributed by atoms with Crippen LogP contribution >= 0.6 is 0 Å². The van der Waals surface area contributed by atoms with Crippen LogP contribution in [-0.4, -0.2) is 22.8 Å². The SMILES string of the molecule is O=C(NC1CC1)c1ccc(NC(=O)c2cc3ccccc3[nH]2)cc1. The van der Waals surface area contributed by atoms with Gasteiger partial charge in [-0.15, -0.1) is 0 Å². The molecule has 0 bridgehead atoms. The fourth-order valence-corrected chi connectivity index (χ4v) is 2.60. The number of rotatable bonds is 4. The lowest BCUT2D eigenvalue weighted by Gasteiger charge is -2.06. The largest absolute Gasteiger partial charge is 0.351 e. The number of hydrogen-bond donors (Lipinski definition) is 3. The van der Waals surface area contributed by atoms with E-state index in [-0.39, 0.29) is 11.8 Å². The summed E-state index contributed by atoms with van der Waals surface area (Å²) in [7, 11) is 0. The molecule has 1 aliphatic rings. The van der Waals surface area contributed by atoms with Gasteiger partial charge in [0.25, 0.3) is 11.8 Å². The van der Waals surface area contributed by atoms with Gasteiger partial charge in [0.15, 0.2) is 0 Å². The second-order valence-corrected chi connectivity index (χ2v) is 6.05. The summed E-state index contributed by atoms with van der Waals surface area (Å²) in [6.07, 6.45) is 2.12. The smallest absolute Gasteiger partial charge is 0.272 e. The molecule has 0 aliphatic heterocycles. The lowest BCUT2D eigenvalue weighted by Crippen LogP contribution is -2.25. The Morgan fingerprint density at radius 3 is 2.42 bits per heavy atom. The molecule has 0 saturated heterocycles. The van der Waals surface area contributed by atoms with Crippen LogP contribution < -0.4 is 10.6 Å². The van der Waals surface area contributed by atoms with Crippen molar-refractivity contribution in [1.82, 2.24) is 10.3 Å². The van der Waals surface area contributed by atoms with Crippen molar-refractivity contribution in [2.24, 2.45) is 0 Å². The van der Waals surface area contributed by atoms with Crippen LogP contribution in [-0.2, 0) is 0 Å². The van der Waals surface area contributed by atoms with E-state index in [2.05, 4.69) is 15.6 Å². The first kappa shape index (κ1) is 14.5. The molecular formula is C19H17N3O2. The summed E-state index contributed by atoms with van der Waals surface area (Å²) in [6, 6.07) is 16.8. The number of carbonyl (C=O) groups is 2. The molecule has 0 unspecified atom stereocenters. The van der Waals surface area contributed by atoms with Gasteiger partial charge in [-0.25, -0.2) is 0 Å². The minimum atomic E-state index is -0.207. The number of H-pyrrole nitrogens is 1. The number of aromatic amines is 1. The fourth-order valence-electron chi connectivity index (χ4n) is 2.60. The van der Waals surface area contributed by atoms with Crippen molar-refractivity contribution in [2.75, 3.05) is 5.32 Å². The lowest BCUT2D eigenvalue weighted by molar-refractivity contribution is 0.0950. The van der Waals surface area contributed by atoms with E-state index in [1.54, 1.807) is 24.3 Å². The highest BCUT2D eigenvalue weighted by atomic mass is 16.2. The summed E-state index contributed by atoms with van der Waals surface area (Å²) in [5.41, 5.74) is 2.69. The first-order valence-electron chi connectivity index (χ1n) is 7.99. The second kappa shape index (κ2) is 5.85. The number of benzene rings is 2. The molecule has 3 aromatic rings. The van der Waals surface area contributed by atoms with Gasteiger partial charge in [-0.05, 0) is 49.2 Å². The molecule has 2 aromatic carbocycles. The maximum Gasteiger partial charge on any atom is 0.272 e. The third-order valence-corrected chi connectivity index (χ3v) is 4.09. The van der Waals surface area contributed by atoms with E-state index in [1.165, 1.54) is 0 Å². The van der Waals surface area contributed by atoms with Gasteiger partial charge in [-0.1, -0.05) is 18.2 Å². The highest BCUT2D eigenvalue weighted by molar-refractivity contribution is 6.06. The average Bonchev–Trinajstić information content (AvgIpc) is 3.29. The summed E-state index contributed by atoms with van der Waals surface area (Å²) >= 11 is 0. The van der Waals surface area contributed by atoms with E-state index in [9.17, 15) is 9.59 Å². The molecule has 0 radical (unpaired) electrons. The van der Waals surface area contributed by atoms with Crippen LogP contribution in [0.3, 0.4) is 0 Å². The Labute approximate surface area is 139 Å². The molecule has 5 heteroatoms. The van der Waals surface area contributed by atoms with Crippen LogP contribution in [0.2, 0.25) is 0 Å². The molecule has 4 rings (SSSR count). The van der Waals surface area contributed by atoms with Gasteiger partial charge < -0.3 is 15.6 Å². The van der Waals surface area contributed by atoms with Crippen molar-refractivity contribution in [2.45, 2.75) is 18.9 Å². The van der Waals surface area contributed by atoms with E-state index >= 15 is 0 Å². The summed E-state index contributed by atoms with van der Waals surface area (Å²) in [5.74, 6) is -0.271. The maximum absolute atomic E-state index is 12.3. The molecule has 1 heterocycles. The molecule has 2 amide bonds. The predicted octanol–water partition coefficient (Wildman–Crippen LogP) is 3.31. The Bertz CT molecular complexity index is 875. The minimum Gasteiger partial charge on any atom is -0.351 e. The van der Waals surface area contributed by atoms with Crippen molar-refractivity contribution in [3.8, 4) is 0 Å². The Kier molecular flexibility index (Phi) is 3.54. The van der Waals surface area contributed by atoms with Gasteiger partial charge in [0, 0.05) is 28.2 Å². The third kappa shape index (κ3) is 3.01. The normalized spacial score (nSPS) is 13.7. The number of anilines is 1. The Morgan fingerprint density at radius 1 is 0.958 bits per heavy atom. The first-order chi connectivity index (χ1) is 11.7. The lowest BCUT2D eigenvalue weighted by atomic mass is 10.2. The summed E-state index contributed by atoms with van der Waals surface area (Å²) in [5, 5.41) is 6.77. The molecule has 24 heavy (non-hydrogen) atoms. The monoisotopic (exact) mass is 319 g/mol. The van der Waals surface area contributed by atoms with Crippen LogP contribution in [0.25, 0.3) is 10.9 Å². The van der Waals surface area contributed by atoms with E-state index < -0.39 is 0 Å². The Balaban J connectivity index is 1.45. The molecule has 5 nitrogen and oxygen atoms in total. The highest BCUT2D eigenvalue weighted by Gasteiger charge is 2.23. The molecular weight excluding hydrogens is 302 g/mol. The summed E-state index contributed by atoms with van der Waals surface area (Å²) in [4.78, 5) is 27.4. The van der Waals surface area contributed by atoms with Crippen molar-refractivity contribution in [3.63, 3.8) is 0 Å². The second-order valence-electron chi connectivity index (χ2n) is 6.05. The summed E-state index contributed by atoms with van der Waals surface area (Å²) < 4.78 is 0. The van der Waals surface area contributed by atoms with Crippen LogP contribution in [0.15, 0.2) is 54.6 Å². The van der Waals surface area contributed by atoms with Crippen molar-refractivity contribution < 1.29 is 9.59 Å². The highest BCUT2D eigenvalue weighted by Crippen LogP contribution is 2.20. The van der Waals surface area contributed by atoms with Crippen LogP contribution in [0.5, 0.6) is 0 Å². The zero-order valence-corrected chi connectivity index (χ0v) is 13.0. The molecule has 1 fully saturated rings. The number of amides is 2. The number of nitrogens with one attached hydrogen (secondary N) is 3.